The van der Waals surface area contributed by atoms with Gasteiger partial charge < -0.3 is 10.4 Å². The molecule has 0 aliphatic carbocycles. The average Bonchev–Trinajstić information content (AvgIpc) is 2.36. The summed E-state index contributed by atoms with van der Waals surface area (Å²) in [7, 11) is 0. The van der Waals surface area contributed by atoms with Crippen LogP contribution in [0.3, 0.4) is 0 Å². The van der Waals surface area contributed by atoms with Gasteiger partial charge in [0.2, 0.25) is 5.91 Å². The zero-order valence-corrected chi connectivity index (χ0v) is 11.9. The summed E-state index contributed by atoms with van der Waals surface area (Å²) < 4.78 is 0. The largest absolute Gasteiger partial charge is 0.480 e. The van der Waals surface area contributed by atoms with Crippen LogP contribution in [0.25, 0.3) is 0 Å². The molecule has 0 bridgehead atoms. The van der Waals surface area contributed by atoms with Gasteiger partial charge in [-0.15, -0.1) is 0 Å². The van der Waals surface area contributed by atoms with Crippen molar-refractivity contribution in [1.82, 2.24) is 5.32 Å². The molecular weight excluding hydrogens is 242 g/mol. The number of unbranched alkanes of at least 4 members (excludes halogenated alkanes) is 4. The van der Waals surface area contributed by atoms with Crippen LogP contribution in [0.15, 0.2) is 24.3 Å². The highest BCUT2D eigenvalue weighted by molar-refractivity contribution is 5.90. The molecule has 0 spiro atoms. The van der Waals surface area contributed by atoms with E-state index in [4.69, 9.17) is 5.11 Å². The molecule has 0 aromatic heterocycles. The number of aliphatic carboxylic acids is 1. The van der Waals surface area contributed by atoms with Crippen molar-refractivity contribution in [2.24, 2.45) is 0 Å². The van der Waals surface area contributed by atoms with Gasteiger partial charge in [-0.25, -0.2) is 0 Å². The van der Waals surface area contributed by atoms with Crippen molar-refractivity contribution in [2.75, 3.05) is 0 Å². The minimum Gasteiger partial charge on any atom is -0.480 e. The highest BCUT2D eigenvalue weighted by Crippen LogP contribution is 2.01. The van der Waals surface area contributed by atoms with Crippen molar-refractivity contribution < 1.29 is 14.7 Å². The highest BCUT2D eigenvalue weighted by Gasteiger charge is 2.11. The quantitative estimate of drug-likeness (QED) is 0.363. The maximum Gasteiger partial charge on any atom is 0.325 e. The van der Waals surface area contributed by atoms with E-state index in [-0.39, 0.29) is 5.91 Å². The average molecular weight is 267 g/mol. The molecule has 19 heavy (non-hydrogen) atoms. The Labute approximate surface area is 115 Å². The van der Waals surface area contributed by atoms with E-state index in [1.54, 1.807) is 6.08 Å². The van der Waals surface area contributed by atoms with Crippen LogP contribution in [0.5, 0.6) is 0 Å². The number of carbonyl (C=O) groups excluding carboxylic acids is 1. The van der Waals surface area contributed by atoms with Crippen LogP contribution < -0.4 is 5.32 Å². The van der Waals surface area contributed by atoms with Crippen LogP contribution in [0.1, 0.15) is 52.4 Å². The first-order valence-corrected chi connectivity index (χ1v) is 6.92. The third-order valence-corrected chi connectivity index (χ3v) is 2.64. The van der Waals surface area contributed by atoms with Crippen molar-refractivity contribution in [2.45, 2.75) is 58.4 Å². The van der Waals surface area contributed by atoms with Crippen LogP contribution in [0.2, 0.25) is 0 Å². The fourth-order valence-electron chi connectivity index (χ4n) is 1.45. The number of carboxylic acids is 1. The summed E-state index contributed by atoms with van der Waals surface area (Å²) in [5, 5.41) is 11.0. The van der Waals surface area contributed by atoms with Crippen LogP contribution in [0.4, 0.5) is 0 Å². The van der Waals surface area contributed by atoms with E-state index in [2.05, 4.69) is 24.4 Å². The molecule has 0 aliphatic rings. The van der Waals surface area contributed by atoms with Gasteiger partial charge in [0.1, 0.15) is 6.04 Å². The summed E-state index contributed by atoms with van der Waals surface area (Å²) in [5.74, 6) is -1.39. The lowest BCUT2D eigenvalue weighted by molar-refractivity contribution is -0.140. The van der Waals surface area contributed by atoms with E-state index in [1.807, 2.05) is 0 Å². The summed E-state index contributed by atoms with van der Waals surface area (Å²) in [5.41, 5.74) is 0. The summed E-state index contributed by atoms with van der Waals surface area (Å²) in [6.45, 7) is 3.62. The molecule has 0 heterocycles. The summed E-state index contributed by atoms with van der Waals surface area (Å²) in [6.07, 6.45) is 14.0. The molecule has 4 nitrogen and oxygen atoms in total. The fourth-order valence-corrected chi connectivity index (χ4v) is 1.45. The minimum absolute atomic E-state index is 0.359. The zero-order chi connectivity index (χ0) is 14.5. The predicted molar refractivity (Wildman–Crippen MR) is 76.9 cm³/mol. The maximum atomic E-state index is 11.3. The minimum atomic E-state index is -1.03. The summed E-state index contributed by atoms with van der Waals surface area (Å²) >= 11 is 0. The molecule has 0 aliphatic heterocycles. The highest BCUT2D eigenvalue weighted by atomic mass is 16.4. The Kier molecular flexibility index (Phi) is 10.6. The lowest BCUT2D eigenvalue weighted by Crippen LogP contribution is -2.37. The lowest BCUT2D eigenvalue weighted by Gasteiger charge is -2.05. The van der Waals surface area contributed by atoms with Gasteiger partial charge in [0.25, 0.3) is 0 Å². The van der Waals surface area contributed by atoms with Crippen molar-refractivity contribution in [1.29, 1.82) is 0 Å². The molecule has 0 rings (SSSR count). The maximum absolute atomic E-state index is 11.3. The third kappa shape index (κ3) is 11.3. The number of hydrogen-bond acceptors (Lipinski definition) is 2. The van der Waals surface area contributed by atoms with Crippen molar-refractivity contribution in [3.63, 3.8) is 0 Å². The summed E-state index contributed by atoms with van der Waals surface area (Å²) in [6, 6.07) is -0.851. The second kappa shape index (κ2) is 11.5. The molecule has 0 aromatic rings. The number of rotatable bonds is 10. The van der Waals surface area contributed by atoms with Gasteiger partial charge in [-0.1, -0.05) is 38.0 Å². The number of allylic oxidation sites excluding steroid dienone is 3. The normalized spacial score (nSPS) is 12.9. The standard InChI is InChI=1S/C15H25NO3/c1-3-4-5-6-7-8-9-10-11-12-14(17)16-13(2)15(18)19/h7-8,11-13H,3-6,9-10H2,1-2H3,(H,16,17)(H,18,19)/b8-7-,12-11+/t13-/m0/s1. The second-order valence-electron chi connectivity index (χ2n) is 4.52. The Morgan fingerprint density at radius 2 is 1.74 bits per heavy atom. The van der Waals surface area contributed by atoms with E-state index >= 15 is 0 Å². The molecule has 108 valence electrons. The van der Waals surface area contributed by atoms with E-state index in [0.29, 0.717) is 0 Å². The van der Waals surface area contributed by atoms with Gasteiger partial charge in [-0.3, -0.25) is 9.59 Å². The van der Waals surface area contributed by atoms with Crippen LogP contribution >= 0.6 is 0 Å². The number of carboxylic acid groups (broad SMARTS) is 1. The van der Waals surface area contributed by atoms with Crippen molar-refractivity contribution in [3.05, 3.63) is 24.3 Å². The summed E-state index contributed by atoms with van der Waals surface area (Å²) in [4.78, 5) is 21.8. The van der Waals surface area contributed by atoms with E-state index < -0.39 is 12.0 Å². The molecule has 4 heteroatoms. The molecule has 0 fully saturated rings. The molecule has 0 aromatic carbocycles. The third-order valence-electron chi connectivity index (χ3n) is 2.64. The first kappa shape index (κ1) is 17.4. The molecule has 0 unspecified atom stereocenters. The Bertz CT molecular complexity index is 321. The fraction of sp³-hybridized carbons (Fsp3) is 0.600. The van der Waals surface area contributed by atoms with Gasteiger partial charge in [-0.2, -0.15) is 0 Å². The first-order valence-electron chi connectivity index (χ1n) is 6.92. The second-order valence-corrected chi connectivity index (χ2v) is 4.52. The predicted octanol–water partition coefficient (Wildman–Crippen LogP) is 3.05. The van der Waals surface area contributed by atoms with Gasteiger partial charge >= 0.3 is 5.97 Å². The molecule has 1 atom stereocenters. The molecule has 0 radical (unpaired) electrons. The van der Waals surface area contributed by atoms with Crippen molar-refractivity contribution >= 4 is 11.9 Å². The Morgan fingerprint density at radius 3 is 2.37 bits per heavy atom. The lowest BCUT2D eigenvalue weighted by atomic mass is 10.2. The molecule has 2 N–H and O–H groups in total. The SMILES string of the molecule is CCCCC/C=C\CC/C=C/C(=O)N[C@@H](C)C(=O)O. The van der Waals surface area contributed by atoms with E-state index in [9.17, 15) is 9.59 Å². The Hall–Kier alpha value is -1.58. The van der Waals surface area contributed by atoms with Gasteiger partial charge in [0, 0.05) is 0 Å². The Balaban J connectivity index is 3.62. The van der Waals surface area contributed by atoms with Crippen LogP contribution in [0, 0.1) is 0 Å². The monoisotopic (exact) mass is 267 g/mol. The van der Waals surface area contributed by atoms with Crippen LogP contribution in [-0.2, 0) is 9.59 Å². The first-order chi connectivity index (χ1) is 9.07. The van der Waals surface area contributed by atoms with E-state index in [0.717, 1.165) is 19.3 Å². The van der Waals surface area contributed by atoms with Gasteiger partial charge in [0.05, 0.1) is 0 Å². The Morgan fingerprint density at radius 1 is 1.11 bits per heavy atom. The number of nitrogens with one attached hydrogen (secondary N) is 1. The van der Waals surface area contributed by atoms with Gasteiger partial charge in [0.15, 0.2) is 0 Å². The number of carbonyl (C=O) groups is 2. The van der Waals surface area contributed by atoms with Gasteiger partial charge in [-0.05, 0) is 38.7 Å². The molecule has 1 amide bonds. The molecular formula is C15H25NO3. The topological polar surface area (TPSA) is 66.4 Å². The van der Waals surface area contributed by atoms with Crippen molar-refractivity contribution in [3.8, 4) is 0 Å². The van der Waals surface area contributed by atoms with Crippen LogP contribution in [-0.4, -0.2) is 23.0 Å². The number of amides is 1. The smallest absolute Gasteiger partial charge is 0.325 e. The number of hydrogen-bond donors (Lipinski definition) is 2. The van der Waals surface area contributed by atoms with E-state index in [1.165, 1.54) is 32.3 Å². The molecule has 0 saturated carbocycles. The zero-order valence-electron chi connectivity index (χ0n) is 11.9. The molecule has 0 saturated heterocycles.